The van der Waals surface area contributed by atoms with E-state index in [1.165, 1.54) is 10.9 Å². The summed E-state index contributed by atoms with van der Waals surface area (Å²) in [5.74, 6) is 1.74. The number of fused-ring (bicyclic) bond motifs is 1. The highest BCUT2D eigenvalue weighted by molar-refractivity contribution is 5.77. The summed E-state index contributed by atoms with van der Waals surface area (Å²) in [4.78, 5) is 35.8. The van der Waals surface area contributed by atoms with Crippen molar-refractivity contribution in [2.75, 3.05) is 62.3 Å². The SMILES string of the molecule is O=C(CCn1cnc2ccccc2c1=O)N1CCN(c2ccc(N3CCOCC3)nn2)CC1. The largest absolute Gasteiger partial charge is 0.378 e. The highest BCUT2D eigenvalue weighted by atomic mass is 16.5. The Balaban J connectivity index is 1.14. The molecule has 2 fully saturated rings. The fourth-order valence-electron chi connectivity index (χ4n) is 4.27. The molecule has 2 saturated heterocycles. The highest BCUT2D eigenvalue weighted by Gasteiger charge is 2.22. The molecule has 1 aromatic carbocycles. The number of rotatable bonds is 5. The van der Waals surface area contributed by atoms with Gasteiger partial charge in [-0.2, -0.15) is 0 Å². The van der Waals surface area contributed by atoms with Crippen LogP contribution in [-0.4, -0.2) is 83.0 Å². The molecule has 172 valence electrons. The number of hydrogen-bond donors (Lipinski definition) is 0. The molecule has 0 aliphatic carbocycles. The molecule has 0 saturated carbocycles. The topological polar surface area (TPSA) is 96.7 Å². The summed E-state index contributed by atoms with van der Waals surface area (Å²) in [6.07, 6.45) is 1.79. The summed E-state index contributed by atoms with van der Waals surface area (Å²) in [6, 6.07) is 11.2. The van der Waals surface area contributed by atoms with Crippen LogP contribution in [0.25, 0.3) is 10.9 Å². The number of morpholine rings is 1. The van der Waals surface area contributed by atoms with Gasteiger partial charge in [0.1, 0.15) is 0 Å². The Morgan fingerprint density at radius 1 is 0.879 bits per heavy atom. The predicted octanol–water partition coefficient (Wildman–Crippen LogP) is 0.762. The zero-order valence-electron chi connectivity index (χ0n) is 18.5. The lowest BCUT2D eigenvalue weighted by molar-refractivity contribution is -0.131. The first-order valence-electron chi connectivity index (χ1n) is 11.3. The lowest BCUT2D eigenvalue weighted by Crippen LogP contribution is -2.49. The molecule has 0 spiro atoms. The van der Waals surface area contributed by atoms with Crippen LogP contribution in [0.15, 0.2) is 47.5 Å². The van der Waals surface area contributed by atoms with Crippen LogP contribution in [0.2, 0.25) is 0 Å². The van der Waals surface area contributed by atoms with Gasteiger partial charge in [0.05, 0.1) is 30.4 Å². The van der Waals surface area contributed by atoms with E-state index in [0.717, 1.165) is 24.7 Å². The average Bonchev–Trinajstić information content (AvgIpc) is 2.89. The third-order valence-electron chi connectivity index (χ3n) is 6.23. The number of nitrogens with zero attached hydrogens (tertiary/aromatic N) is 7. The molecular weight excluding hydrogens is 422 g/mol. The Morgan fingerprint density at radius 3 is 2.24 bits per heavy atom. The van der Waals surface area contributed by atoms with Gasteiger partial charge < -0.3 is 19.4 Å². The molecule has 3 aromatic rings. The van der Waals surface area contributed by atoms with Gasteiger partial charge in [0, 0.05) is 52.2 Å². The summed E-state index contributed by atoms with van der Waals surface area (Å²) >= 11 is 0. The highest BCUT2D eigenvalue weighted by Crippen LogP contribution is 2.17. The number of benzene rings is 1. The Kier molecular flexibility index (Phi) is 6.16. The minimum Gasteiger partial charge on any atom is -0.378 e. The number of ether oxygens (including phenoxy) is 1. The number of piperazine rings is 1. The second-order valence-corrected chi connectivity index (χ2v) is 8.23. The number of amides is 1. The lowest BCUT2D eigenvalue weighted by Gasteiger charge is -2.35. The van der Waals surface area contributed by atoms with Crippen LogP contribution in [-0.2, 0) is 16.1 Å². The molecule has 0 N–H and O–H groups in total. The minimum atomic E-state index is -0.114. The maximum Gasteiger partial charge on any atom is 0.261 e. The van der Waals surface area contributed by atoms with Gasteiger partial charge in [0.2, 0.25) is 5.91 Å². The first-order valence-corrected chi connectivity index (χ1v) is 11.3. The van der Waals surface area contributed by atoms with E-state index < -0.39 is 0 Å². The summed E-state index contributed by atoms with van der Waals surface area (Å²) in [6.45, 7) is 6.06. The molecule has 0 radical (unpaired) electrons. The average molecular weight is 450 g/mol. The second-order valence-electron chi connectivity index (χ2n) is 8.23. The lowest BCUT2D eigenvalue weighted by atomic mass is 10.2. The summed E-state index contributed by atoms with van der Waals surface area (Å²) in [7, 11) is 0. The molecule has 0 unspecified atom stereocenters. The van der Waals surface area contributed by atoms with Gasteiger partial charge in [0.25, 0.3) is 5.56 Å². The van der Waals surface area contributed by atoms with Crippen molar-refractivity contribution in [2.24, 2.45) is 0 Å². The Labute approximate surface area is 191 Å². The van der Waals surface area contributed by atoms with Crippen LogP contribution in [0.3, 0.4) is 0 Å². The molecule has 5 rings (SSSR count). The number of carbonyl (C=O) groups excluding carboxylic acids is 1. The van der Waals surface area contributed by atoms with Gasteiger partial charge in [-0.1, -0.05) is 12.1 Å². The van der Waals surface area contributed by atoms with Crippen LogP contribution < -0.4 is 15.4 Å². The molecule has 2 aliphatic heterocycles. The van der Waals surface area contributed by atoms with Gasteiger partial charge in [-0.3, -0.25) is 14.2 Å². The molecule has 0 atom stereocenters. The minimum absolute atomic E-state index is 0.0449. The normalized spacial score (nSPS) is 16.9. The van der Waals surface area contributed by atoms with Crippen molar-refractivity contribution >= 4 is 28.4 Å². The molecule has 33 heavy (non-hydrogen) atoms. The summed E-state index contributed by atoms with van der Waals surface area (Å²) in [5.41, 5.74) is 0.555. The summed E-state index contributed by atoms with van der Waals surface area (Å²) < 4.78 is 6.90. The molecule has 2 aliphatic rings. The van der Waals surface area contributed by atoms with Crippen molar-refractivity contribution in [1.82, 2.24) is 24.6 Å². The van der Waals surface area contributed by atoms with Crippen molar-refractivity contribution in [1.29, 1.82) is 0 Å². The standard InChI is InChI=1S/C23H27N7O3/c31-22(7-8-30-17-24-19-4-2-1-3-18(19)23(30)32)29-11-9-27(10-12-29)20-5-6-21(26-25-20)28-13-15-33-16-14-28/h1-6,17H,7-16H2. The van der Waals surface area contributed by atoms with E-state index in [9.17, 15) is 9.59 Å². The zero-order valence-corrected chi connectivity index (χ0v) is 18.5. The Morgan fingerprint density at radius 2 is 1.55 bits per heavy atom. The van der Waals surface area contributed by atoms with E-state index in [4.69, 9.17) is 4.74 Å². The van der Waals surface area contributed by atoms with E-state index in [1.54, 1.807) is 6.07 Å². The van der Waals surface area contributed by atoms with E-state index in [-0.39, 0.29) is 17.9 Å². The van der Waals surface area contributed by atoms with Crippen molar-refractivity contribution in [2.45, 2.75) is 13.0 Å². The molecule has 0 bridgehead atoms. The monoisotopic (exact) mass is 449 g/mol. The smallest absolute Gasteiger partial charge is 0.261 e. The number of hydrogen-bond acceptors (Lipinski definition) is 8. The number of para-hydroxylation sites is 1. The van der Waals surface area contributed by atoms with E-state index in [2.05, 4.69) is 25.0 Å². The first-order chi connectivity index (χ1) is 16.2. The van der Waals surface area contributed by atoms with Gasteiger partial charge in [-0.15, -0.1) is 10.2 Å². The Bertz CT molecular complexity index is 1170. The second kappa shape index (κ2) is 9.53. The van der Waals surface area contributed by atoms with Gasteiger partial charge in [-0.25, -0.2) is 4.98 Å². The first kappa shape index (κ1) is 21.3. The van der Waals surface area contributed by atoms with Crippen molar-refractivity contribution in [3.05, 3.63) is 53.1 Å². The van der Waals surface area contributed by atoms with Crippen LogP contribution in [0.5, 0.6) is 0 Å². The van der Waals surface area contributed by atoms with Gasteiger partial charge in [-0.05, 0) is 24.3 Å². The molecular formula is C23H27N7O3. The quantitative estimate of drug-likeness (QED) is 0.563. The van der Waals surface area contributed by atoms with Crippen molar-refractivity contribution in [3.63, 3.8) is 0 Å². The number of aromatic nitrogens is 4. The molecule has 4 heterocycles. The predicted molar refractivity (Wildman–Crippen MR) is 124 cm³/mol. The van der Waals surface area contributed by atoms with Crippen molar-refractivity contribution < 1.29 is 9.53 Å². The van der Waals surface area contributed by atoms with Gasteiger partial charge in [0.15, 0.2) is 11.6 Å². The number of carbonyl (C=O) groups is 1. The van der Waals surface area contributed by atoms with E-state index in [1.807, 2.05) is 35.2 Å². The van der Waals surface area contributed by atoms with Crippen LogP contribution in [0.1, 0.15) is 6.42 Å². The van der Waals surface area contributed by atoms with E-state index in [0.29, 0.717) is 56.8 Å². The van der Waals surface area contributed by atoms with Crippen LogP contribution in [0, 0.1) is 0 Å². The third kappa shape index (κ3) is 4.65. The van der Waals surface area contributed by atoms with E-state index >= 15 is 0 Å². The zero-order chi connectivity index (χ0) is 22.6. The summed E-state index contributed by atoms with van der Waals surface area (Å²) in [5, 5.41) is 9.36. The van der Waals surface area contributed by atoms with Crippen LogP contribution in [0.4, 0.5) is 11.6 Å². The molecule has 1 amide bonds. The number of aryl methyl sites for hydroxylation is 1. The number of anilines is 2. The van der Waals surface area contributed by atoms with Crippen molar-refractivity contribution in [3.8, 4) is 0 Å². The molecule has 10 heteroatoms. The molecule has 10 nitrogen and oxygen atoms in total. The fourth-order valence-corrected chi connectivity index (χ4v) is 4.27. The fraction of sp³-hybridized carbons (Fsp3) is 0.435. The molecule has 2 aromatic heterocycles. The maximum absolute atomic E-state index is 12.7. The van der Waals surface area contributed by atoms with Crippen LogP contribution >= 0.6 is 0 Å². The Hall–Kier alpha value is -3.53. The maximum atomic E-state index is 12.7. The third-order valence-corrected chi connectivity index (χ3v) is 6.23. The van der Waals surface area contributed by atoms with Gasteiger partial charge >= 0.3 is 0 Å².